The molecule has 2 aliphatic rings. The second-order valence-electron chi connectivity index (χ2n) is 11.4. The largest absolute Gasteiger partial charge is 0.490 e. The molecular weight excluding hydrogens is 613 g/mol. The van der Waals surface area contributed by atoms with E-state index in [1.807, 2.05) is 97.6 Å². The Morgan fingerprint density at radius 2 is 1.60 bits per heavy atom. The first-order valence-electron chi connectivity index (χ1n) is 14.9. The molecule has 244 valence electrons. The maximum atomic E-state index is 12.9. The molecule has 47 heavy (non-hydrogen) atoms. The third-order valence-corrected chi connectivity index (χ3v) is 7.79. The lowest BCUT2D eigenvalue weighted by Gasteiger charge is -2.35. The van der Waals surface area contributed by atoms with E-state index in [-0.39, 0.29) is 29.9 Å². The number of morpholine rings is 1. The Bertz CT molecular complexity index is 1810. The van der Waals surface area contributed by atoms with Crippen LogP contribution in [-0.4, -0.2) is 76.0 Å². The number of carboxylic acid groups (broad SMARTS) is 1. The van der Waals surface area contributed by atoms with E-state index in [0.29, 0.717) is 25.2 Å². The van der Waals surface area contributed by atoms with Gasteiger partial charge in [0.05, 0.1) is 23.4 Å². The Kier molecular flexibility index (Phi) is 9.90. The second kappa shape index (κ2) is 14.0. The molecule has 12 heteroatoms. The number of aromatic amines is 1. The average Bonchev–Trinajstić information content (AvgIpc) is 3.62. The van der Waals surface area contributed by atoms with Gasteiger partial charge < -0.3 is 20.1 Å². The van der Waals surface area contributed by atoms with Crippen LogP contribution in [0.4, 0.5) is 13.2 Å². The third kappa shape index (κ3) is 8.14. The highest BCUT2D eigenvalue weighted by Crippen LogP contribution is 2.31. The van der Waals surface area contributed by atoms with Crippen LogP contribution in [0.5, 0.6) is 0 Å². The number of nitrogens with one attached hydrogen (secondary N) is 2. The summed E-state index contributed by atoms with van der Waals surface area (Å²) in [4.78, 5) is 36.3. The summed E-state index contributed by atoms with van der Waals surface area (Å²) in [5.41, 5.74) is 6.23. The van der Waals surface area contributed by atoms with Gasteiger partial charge >= 0.3 is 12.1 Å². The number of carboxylic acids is 1. The van der Waals surface area contributed by atoms with E-state index in [1.54, 1.807) is 0 Å². The lowest BCUT2D eigenvalue weighted by molar-refractivity contribution is -0.192. The lowest BCUT2D eigenvalue weighted by atomic mass is 9.92. The van der Waals surface area contributed by atoms with Crippen molar-refractivity contribution in [2.75, 3.05) is 19.6 Å². The molecule has 3 heterocycles. The third-order valence-electron chi connectivity index (χ3n) is 7.79. The number of aliphatic carboxylic acids is 1. The van der Waals surface area contributed by atoms with Gasteiger partial charge in [0.1, 0.15) is 0 Å². The van der Waals surface area contributed by atoms with E-state index >= 15 is 0 Å². The fourth-order valence-electron chi connectivity index (χ4n) is 5.61. The summed E-state index contributed by atoms with van der Waals surface area (Å²) >= 11 is 0. The number of H-pyrrole nitrogens is 1. The predicted octanol–water partition coefficient (Wildman–Crippen LogP) is 5.91. The van der Waals surface area contributed by atoms with Gasteiger partial charge in [-0.15, -0.1) is 0 Å². The summed E-state index contributed by atoms with van der Waals surface area (Å²) in [6.45, 7) is 5.82. The van der Waals surface area contributed by atoms with E-state index < -0.39 is 12.1 Å². The zero-order valence-electron chi connectivity index (χ0n) is 25.6. The van der Waals surface area contributed by atoms with Crippen LogP contribution < -0.4 is 5.32 Å². The van der Waals surface area contributed by atoms with Crippen molar-refractivity contribution in [2.24, 2.45) is 0 Å². The van der Waals surface area contributed by atoms with Gasteiger partial charge in [-0.3, -0.25) is 14.7 Å². The van der Waals surface area contributed by atoms with Gasteiger partial charge in [0.25, 0.3) is 5.91 Å². The van der Waals surface area contributed by atoms with Crippen molar-refractivity contribution >= 4 is 46.9 Å². The van der Waals surface area contributed by atoms with Crippen molar-refractivity contribution in [2.45, 2.75) is 38.1 Å². The van der Waals surface area contributed by atoms with Crippen molar-refractivity contribution in [1.29, 1.82) is 0 Å². The fraction of sp³-hybridized carbons (Fsp3) is 0.257. The minimum Gasteiger partial charge on any atom is -0.475 e. The molecule has 0 saturated carbocycles. The topological polar surface area (TPSA) is 125 Å². The summed E-state index contributed by atoms with van der Waals surface area (Å²) in [6.07, 6.45) is 0.928. The second-order valence-corrected chi connectivity index (χ2v) is 11.4. The van der Waals surface area contributed by atoms with E-state index in [2.05, 4.69) is 27.6 Å². The van der Waals surface area contributed by atoms with Crippen molar-refractivity contribution in [3.8, 4) is 0 Å². The first-order chi connectivity index (χ1) is 22.4. The molecule has 1 unspecified atom stereocenters. The Morgan fingerprint density at radius 3 is 2.23 bits per heavy atom. The van der Waals surface area contributed by atoms with Crippen LogP contribution in [0.2, 0.25) is 0 Å². The van der Waals surface area contributed by atoms with Crippen LogP contribution in [0, 0.1) is 0 Å². The van der Waals surface area contributed by atoms with Crippen LogP contribution in [0.3, 0.4) is 0 Å². The van der Waals surface area contributed by atoms with Gasteiger partial charge in [-0.25, -0.2) is 4.79 Å². The van der Waals surface area contributed by atoms with E-state index in [9.17, 15) is 22.8 Å². The summed E-state index contributed by atoms with van der Waals surface area (Å²) in [6, 6.07) is 23.8. The molecule has 0 spiro atoms. The minimum atomic E-state index is -5.08. The molecule has 9 nitrogen and oxygen atoms in total. The first-order valence-corrected chi connectivity index (χ1v) is 14.9. The van der Waals surface area contributed by atoms with Crippen molar-refractivity contribution < 1.29 is 37.4 Å². The van der Waals surface area contributed by atoms with Crippen molar-refractivity contribution in [3.05, 3.63) is 106 Å². The Labute approximate surface area is 268 Å². The molecule has 3 aromatic carbocycles. The number of aromatic nitrogens is 2. The SMILES string of the molecule is C[C@@H]1CN(C(=O)c2ccc(/C=C/c3n[nH]c4cc(/C=C5/C(=O)NCC5c5ccccc5)ccc34)cc2)C[C@H](C)O1.O=C(O)C(F)(F)F. The quantitative estimate of drug-likeness (QED) is 0.232. The number of ether oxygens (including phenoxy) is 1. The molecule has 2 fully saturated rings. The lowest BCUT2D eigenvalue weighted by Crippen LogP contribution is -2.48. The van der Waals surface area contributed by atoms with Crippen molar-refractivity contribution in [3.63, 3.8) is 0 Å². The van der Waals surface area contributed by atoms with Crippen LogP contribution in [0.15, 0.2) is 78.4 Å². The normalized spacial score (nSPS) is 20.7. The summed E-state index contributed by atoms with van der Waals surface area (Å²) in [7, 11) is 0. The predicted molar refractivity (Wildman–Crippen MR) is 171 cm³/mol. The maximum absolute atomic E-state index is 12.9. The molecule has 2 amide bonds. The van der Waals surface area contributed by atoms with Gasteiger partial charge in [-0.2, -0.15) is 18.3 Å². The summed E-state index contributed by atoms with van der Waals surface area (Å²) in [5.74, 6) is -2.71. The Morgan fingerprint density at radius 1 is 0.957 bits per heavy atom. The molecule has 2 saturated heterocycles. The maximum Gasteiger partial charge on any atom is 0.490 e. The van der Waals surface area contributed by atoms with Gasteiger partial charge in [0.2, 0.25) is 5.91 Å². The smallest absolute Gasteiger partial charge is 0.475 e. The van der Waals surface area contributed by atoms with Crippen LogP contribution in [0.25, 0.3) is 29.1 Å². The molecule has 4 aromatic rings. The molecule has 0 bridgehead atoms. The van der Waals surface area contributed by atoms with Crippen LogP contribution >= 0.6 is 0 Å². The molecule has 1 aromatic heterocycles. The highest BCUT2D eigenvalue weighted by Gasteiger charge is 2.38. The number of hydrogen-bond acceptors (Lipinski definition) is 5. The molecule has 3 N–H and O–H groups in total. The standard InChI is InChI=1S/C33H32N4O3.C2HF3O2/c1-21-19-37(20-22(2)40-21)33(39)26-12-8-23(9-13-26)11-15-30-27-14-10-24(17-31(27)36-35-30)16-28-29(18-34-32(28)38)25-6-4-3-5-7-25;3-2(4,5)1(6)7/h3-17,21-22,29H,18-20H2,1-2H3,(H,34,38)(H,35,36);(H,6,7)/b15-11+,28-16+;/t21-,22+,29?;. The summed E-state index contributed by atoms with van der Waals surface area (Å²) < 4.78 is 37.5. The van der Waals surface area contributed by atoms with E-state index in [1.165, 1.54) is 0 Å². The average molecular weight is 647 g/mol. The van der Waals surface area contributed by atoms with E-state index in [0.717, 1.165) is 38.9 Å². The minimum absolute atomic E-state index is 0.0241. The van der Waals surface area contributed by atoms with Gasteiger partial charge in [-0.1, -0.05) is 54.6 Å². The number of amides is 2. The number of fused-ring (bicyclic) bond motifs is 1. The molecule has 0 radical (unpaired) electrons. The molecular formula is C35H33F3N4O5. The van der Waals surface area contributed by atoms with Crippen LogP contribution in [-0.2, 0) is 14.3 Å². The van der Waals surface area contributed by atoms with Gasteiger partial charge in [-0.05, 0) is 67.0 Å². The molecule has 0 aliphatic carbocycles. The molecule has 2 aliphatic heterocycles. The highest BCUT2D eigenvalue weighted by molar-refractivity contribution is 6.02. The fourth-order valence-corrected chi connectivity index (χ4v) is 5.61. The number of benzene rings is 3. The van der Waals surface area contributed by atoms with Gasteiger partial charge in [0, 0.05) is 42.1 Å². The van der Waals surface area contributed by atoms with Crippen LogP contribution in [0.1, 0.15) is 52.5 Å². The van der Waals surface area contributed by atoms with Gasteiger partial charge in [0.15, 0.2) is 0 Å². The number of carbonyl (C=O) groups excluding carboxylic acids is 2. The first kappa shape index (κ1) is 33.1. The Hall–Kier alpha value is -5.23. The number of nitrogens with zero attached hydrogens (tertiary/aromatic N) is 2. The number of halogens is 3. The Balaban J connectivity index is 0.000000559. The number of rotatable bonds is 5. The highest BCUT2D eigenvalue weighted by atomic mass is 19.4. The molecule has 6 rings (SSSR count). The number of alkyl halides is 3. The van der Waals surface area contributed by atoms with E-state index in [4.69, 9.17) is 14.6 Å². The number of carbonyl (C=O) groups is 3. The number of hydrogen-bond donors (Lipinski definition) is 3. The van der Waals surface area contributed by atoms with Crippen molar-refractivity contribution in [1.82, 2.24) is 20.4 Å². The monoisotopic (exact) mass is 646 g/mol. The zero-order valence-corrected chi connectivity index (χ0v) is 25.6. The zero-order chi connectivity index (χ0) is 33.7. The molecule has 3 atom stereocenters. The summed E-state index contributed by atoms with van der Waals surface area (Å²) in [5, 5.41) is 18.7.